The highest BCUT2D eigenvalue weighted by molar-refractivity contribution is 7.14. The van der Waals surface area contributed by atoms with Gasteiger partial charge < -0.3 is 4.90 Å². The Bertz CT molecular complexity index is 1060. The molecule has 0 saturated heterocycles. The van der Waals surface area contributed by atoms with Crippen LogP contribution in [0, 0.1) is 0 Å². The van der Waals surface area contributed by atoms with Crippen LogP contribution in [0.2, 0.25) is 0 Å². The monoisotopic (exact) mass is 405 g/mol. The Kier molecular flexibility index (Phi) is 4.96. The smallest absolute Gasteiger partial charge is 0.257 e. The summed E-state index contributed by atoms with van der Waals surface area (Å²) >= 11 is 1.43. The number of nitrogens with zero attached hydrogens (tertiary/aromatic N) is 2. The summed E-state index contributed by atoms with van der Waals surface area (Å²) in [6, 6.07) is 15.1. The summed E-state index contributed by atoms with van der Waals surface area (Å²) in [4.78, 5) is 31.4. The van der Waals surface area contributed by atoms with Gasteiger partial charge in [-0.05, 0) is 29.3 Å². The number of hydrogen-bond donors (Lipinski definition) is 1. The largest absolute Gasteiger partial charge is 0.330 e. The van der Waals surface area contributed by atoms with E-state index in [0.717, 1.165) is 22.4 Å². The van der Waals surface area contributed by atoms with E-state index in [1.165, 1.54) is 11.3 Å². The molecule has 2 aromatic carbocycles. The number of carbonyl (C=O) groups excluding carboxylic acids is 2. The van der Waals surface area contributed by atoms with Crippen LogP contribution in [-0.4, -0.2) is 21.7 Å². The van der Waals surface area contributed by atoms with Crippen LogP contribution < -0.4 is 5.32 Å². The molecule has 0 saturated carbocycles. The van der Waals surface area contributed by atoms with Gasteiger partial charge in [0.25, 0.3) is 11.8 Å². The highest BCUT2D eigenvalue weighted by Crippen LogP contribution is 2.27. The molecule has 1 N–H and O–H groups in total. The van der Waals surface area contributed by atoms with Gasteiger partial charge in [0.15, 0.2) is 5.13 Å². The maximum absolute atomic E-state index is 12.5. The van der Waals surface area contributed by atoms with Gasteiger partial charge >= 0.3 is 0 Å². The number of carbonyl (C=O) groups is 2. The van der Waals surface area contributed by atoms with Gasteiger partial charge in [0.1, 0.15) is 0 Å². The molecule has 2 amide bonds. The highest BCUT2D eigenvalue weighted by atomic mass is 32.1. The second kappa shape index (κ2) is 7.44. The van der Waals surface area contributed by atoms with Gasteiger partial charge in [-0.1, -0.05) is 51.1 Å². The van der Waals surface area contributed by atoms with E-state index in [-0.39, 0.29) is 17.2 Å². The lowest BCUT2D eigenvalue weighted by molar-refractivity contribution is 0.0766. The Labute approximate surface area is 174 Å². The van der Waals surface area contributed by atoms with Crippen molar-refractivity contribution in [3.8, 4) is 0 Å². The van der Waals surface area contributed by atoms with Gasteiger partial charge in [-0.15, -0.1) is 11.3 Å². The van der Waals surface area contributed by atoms with E-state index in [1.54, 1.807) is 12.1 Å². The summed E-state index contributed by atoms with van der Waals surface area (Å²) in [5.41, 5.74) is 4.31. The molecular formula is C23H23N3O2S. The van der Waals surface area contributed by atoms with Gasteiger partial charge in [-0.25, -0.2) is 4.98 Å². The van der Waals surface area contributed by atoms with E-state index in [4.69, 9.17) is 0 Å². The summed E-state index contributed by atoms with van der Waals surface area (Å²) in [5.74, 6) is -0.128. The Morgan fingerprint density at radius 1 is 1.14 bits per heavy atom. The van der Waals surface area contributed by atoms with E-state index >= 15 is 0 Å². The first-order valence-corrected chi connectivity index (χ1v) is 10.4. The number of nitrogens with one attached hydrogen (secondary N) is 1. The van der Waals surface area contributed by atoms with Gasteiger partial charge in [0, 0.05) is 35.0 Å². The van der Waals surface area contributed by atoms with Crippen LogP contribution >= 0.6 is 11.3 Å². The zero-order chi connectivity index (χ0) is 20.6. The molecule has 6 heteroatoms. The summed E-state index contributed by atoms with van der Waals surface area (Å²) in [6.45, 7) is 7.43. The van der Waals surface area contributed by atoms with Crippen molar-refractivity contribution >= 4 is 28.3 Å². The predicted octanol–water partition coefficient (Wildman–Crippen LogP) is 4.85. The fourth-order valence-corrected chi connectivity index (χ4v) is 4.20. The number of thiazole rings is 1. The van der Waals surface area contributed by atoms with Crippen molar-refractivity contribution in [1.82, 2.24) is 9.88 Å². The molecular weight excluding hydrogens is 382 g/mol. The quantitative estimate of drug-likeness (QED) is 0.675. The number of amides is 2. The van der Waals surface area contributed by atoms with Crippen molar-refractivity contribution in [3.63, 3.8) is 0 Å². The molecule has 1 aromatic heterocycles. The fourth-order valence-electron chi connectivity index (χ4n) is 3.27. The van der Waals surface area contributed by atoms with E-state index in [1.807, 2.05) is 46.7 Å². The molecule has 29 heavy (non-hydrogen) atoms. The van der Waals surface area contributed by atoms with E-state index in [0.29, 0.717) is 23.8 Å². The second-order valence-corrected chi connectivity index (χ2v) is 9.12. The van der Waals surface area contributed by atoms with Crippen molar-refractivity contribution in [2.45, 2.75) is 39.3 Å². The maximum atomic E-state index is 12.5. The van der Waals surface area contributed by atoms with Crippen LogP contribution in [0.15, 0.2) is 53.9 Å². The molecule has 4 rings (SSSR count). The van der Waals surface area contributed by atoms with Crippen LogP contribution in [0.4, 0.5) is 5.13 Å². The number of anilines is 1. The zero-order valence-electron chi connectivity index (χ0n) is 16.7. The van der Waals surface area contributed by atoms with Crippen LogP contribution in [0.1, 0.15) is 58.3 Å². The first kappa shape index (κ1) is 19.3. The number of fused-ring (bicyclic) bond motifs is 1. The van der Waals surface area contributed by atoms with Crippen molar-refractivity contribution in [1.29, 1.82) is 0 Å². The molecule has 3 aromatic rings. The van der Waals surface area contributed by atoms with Crippen LogP contribution in [0.3, 0.4) is 0 Å². The average Bonchev–Trinajstić information content (AvgIpc) is 3.28. The Hall–Kier alpha value is -2.99. The molecule has 5 nitrogen and oxygen atoms in total. The maximum Gasteiger partial charge on any atom is 0.257 e. The van der Waals surface area contributed by atoms with Crippen molar-refractivity contribution in [3.05, 3.63) is 81.9 Å². The van der Waals surface area contributed by atoms with Crippen molar-refractivity contribution in [2.75, 3.05) is 5.32 Å². The summed E-state index contributed by atoms with van der Waals surface area (Å²) in [6.07, 6.45) is 0. The second-order valence-electron chi connectivity index (χ2n) is 8.26. The number of benzene rings is 2. The topological polar surface area (TPSA) is 62.3 Å². The van der Waals surface area contributed by atoms with E-state index in [2.05, 4.69) is 31.1 Å². The van der Waals surface area contributed by atoms with Gasteiger partial charge in [-0.2, -0.15) is 0 Å². The molecule has 1 aliphatic heterocycles. The van der Waals surface area contributed by atoms with Gasteiger partial charge in [0.2, 0.25) is 0 Å². The Morgan fingerprint density at radius 2 is 1.86 bits per heavy atom. The lowest BCUT2D eigenvalue weighted by Crippen LogP contribution is -2.23. The molecule has 0 atom stereocenters. The van der Waals surface area contributed by atoms with Crippen molar-refractivity contribution < 1.29 is 9.59 Å². The average molecular weight is 406 g/mol. The SMILES string of the molecule is CC(C)(C)c1csc(NC(=O)c2ccc(CN3Cc4ccccc4C3=O)cc2)n1. The normalized spacial score (nSPS) is 13.5. The van der Waals surface area contributed by atoms with Gasteiger partial charge in [0.05, 0.1) is 5.69 Å². The Balaban J connectivity index is 1.40. The molecule has 148 valence electrons. The van der Waals surface area contributed by atoms with Crippen LogP contribution in [0.5, 0.6) is 0 Å². The molecule has 0 spiro atoms. The number of rotatable bonds is 4. The summed E-state index contributed by atoms with van der Waals surface area (Å²) in [7, 11) is 0. The minimum Gasteiger partial charge on any atom is -0.330 e. The standard InChI is InChI=1S/C23H23N3O2S/c1-23(2,3)19-14-29-22(24-19)25-20(27)16-10-8-15(9-11-16)12-26-13-17-6-4-5-7-18(17)21(26)28/h4-11,14H,12-13H2,1-3H3,(H,24,25,27). The third-order valence-corrected chi connectivity index (χ3v) is 5.74. The van der Waals surface area contributed by atoms with E-state index in [9.17, 15) is 9.59 Å². The lowest BCUT2D eigenvalue weighted by atomic mass is 9.93. The van der Waals surface area contributed by atoms with Gasteiger partial charge in [-0.3, -0.25) is 14.9 Å². The van der Waals surface area contributed by atoms with Crippen molar-refractivity contribution in [2.24, 2.45) is 0 Å². The van der Waals surface area contributed by atoms with Crippen LogP contribution in [0.25, 0.3) is 0 Å². The molecule has 1 aliphatic rings. The fraction of sp³-hybridized carbons (Fsp3) is 0.261. The highest BCUT2D eigenvalue weighted by Gasteiger charge is 2.26. The lowest BCUT2D eigenvalue weighted by Gasteiger charge is -2.16. The third-order valence-electron chi connectivity index (χ3n) is 4.98. The predicted molar refractivity (Wildman–Crippen MR) is 115 cm³/mol. The molecule has 0 bridgehead atoms. The van der Waals surface area contributed by atoms with Crippen LogP contribution in [-0.2, 0) is 18.5 Å². The molecule has 2 heterocycles. The molecule has 0 unspecified atom stereocenters. The first-order chi connectivity index (χ1) is 13.8. The number of hydrogen-bond acceptors (Lipinski definition) is 4. The van der Waals surface area contributed by atoms with E-state index < -0.39 is 0 Å². The third kappa shape index (κ3) is 4.07. The molecule has 0 radical (unpaired) electrons. The minimum atomic E-state index is -0.184. The number of aromatic nitrogens is 1. The minimum absolute atomic E-state index is 0.0478. The first-order valence-electron chi connectivity index (χ1n) is 9.55. The summed E-state index contributed by atoms with van der Waals surface area (Å²) < 4.78 is 0. The molecule has 0 aliphatic carbocycles. The Morgan fingerprint density at radius 3 is 2.52 bits per heavy atom. The zero-order valence-corrected chi connectivity index (χ0v) is 17.5. The molecule has 0 fully saturated rings. The summed E-state index contributed by atoms with van der Waals surface area (Å²) in [5, 5.41) is 5.44.